The molecule has 0 atom stereocenters. The van der Waals surface area contributed by atoms with Gasteiger partial charge in [0.2, 0.25) is 5.95 Å². The maximum absolute atomic E-state index is 12.7. The van der Waals surface area contributed by atoms with Gasteiger partial charge in [-0.15, -0.1) is 0 Å². The van der Waals surface area contributed by atoms with Gasteiger partial charge in [0.1, 0.15) is 12.3 Å². The summed E-state index contributed by atoms with van der Waals surface area (Å²) in [6.45, 7) is -3.75. The minimum atomic E-state index is -3.40. The van der Waals surface area contributed by atoms with Crippen molar-refractivity contribution in [1.29, 1.82) is 0 Å². The molecule has 0 saturated heterocycles. The number of carbonyl (C=O) groups excluding carboxylic acids is 2. The van der Waals surface area contributed by atoms with Crippen molar-refractivity contribution in [2.75, 3.05) is 29.2 Å². The minimum absolute atomic E-state index is 0.0290. The van der Waals surface area contributed by atoms with Crippen LogP contribution in [-0.2, 0) is 21.6 Å². The van der Waals surface area contributed by atoms with E-state index in [1.165, 1.54) is 7.05 Å². The van der Waals surface area contributed by atoms with Crippen molar-refractivity contribution in [1.82, 2.24) is 20.2 Å². The van der Waals surface area contributed by atoms with Crippen LogP contribution in [0.1, 0.15) is 10.4 Å². The number of amides is 2. The number of aromatic nitrogens is 4. The molecule has 1 heterocycles. The van der Waals surface area contributed by atoms with Crippen molar-refractivity contribution in [2.45, 2.75) is 6.61 Å². The predicted octanol–water partition coefficient (Wildman–Crippen LogP) is 1.31. The van der Waals surface area contributed by atoms with Crippen LogP contribution in [0, 0.1) is 0 Å². The number of ether oxygens (including phenoxy) is 2. The molecule has 0 aliphatic heterocycles. The molecule has 0 aliphatic carbocycles. The maximum Gasteiger partial charge on any atom is 0.411 e. The standard InChI is InChI=1S/C14H15ClF2N6O6S/c1-23-13(20-21-22-23)19-11(24)7-3-4-8(29-12(16)17)10(9(7)15)18-14(25)28-5-6-30(2,26)27/h3-4,12H,5-6H2,1-2H3,(H,18,25)(H,19,20,22,24). The summed E-state index contributed by atoms with van der Waals surface area (Å²) in [5.74, 6) is -1.84. The highest BCUT2D eigenvalue weighted by Crippen LogP contribution is 2.36. The minimum Gasteiger partial charge on any atom is -0.448 e. The highest BCUT2D eigenvalue weighted by molar-refractivity contribution is 7.90. The highest BCUT2D eigenvalue weighted by atomic mass is 35.5. The Balaban J connectivity index is 2.26. The average molecular weight is 469 g/mol. The molecule has 0 radical (unpaired) electrons. The number of nitrogens with one attached hydrogen (secondary N) is 2. The highest BCUT2D eigenvalue weighted by Gasteiger charge is 2.23. The van der Waals surface area contributed by atoms with Gasteiger partial charge in [-0.2, -0.15) is 8.78 Å². The molecule has 0 unspecified atom stereocenters. The monoisotopic (exact) mass is 468 g/mol. The Hall–Kier alpha value is -3.07. The van der Waals surface area contributed by atoms with E-state index in [2.05, 4.69) is 35.6 Å². The third-order valence-corrected chi connectivity index (χ3v) is 4.63. The van der Waals surface area contributed by atoms with Crippen molar-refractivity contribution in [3.8, 4) is 5.75 Å². The number of halogens is 3. The van der Waals surface area contributed by atoms with E-state index in [1.807, 2.05) is 0 Å². The summed E-state index contributed by atoms with van der Waals surface area (Å²) in [4.78, 5) is 24.3. The Morgan fingerprint density at radius 1 is 1.30 bits per heavy atom. The molecule has 0 saturated carbocycles. The fourth-order valence-electron chi connectivity index (χ4n) is 1.97. The van der Waals surface area contributed by atoms with E-state index in [1.54, 1.807) is 0 Å². The van der Waals surface area contributed by atoms with Crippen LogP contribution >= 0.6 is 11.6 Å². The Morgan fingerprint density at radius 3 is 2.57 bits per heavy atom. The molecule has 164 valence electrons. The molecule has 1 aromatic carbocycles. The van der Waals surface area contributed by atoms with E-state index in [0.717, 1.165) is 23.1 Å². The van der Waals surface area contributed by atoms with Crippen LogP contribution < -0.4 is 15.4 Å². The quantitative estimate of drug-likeness (QED) is 0.583. The number of hydrogen-bond donors (Lipinski definition) is 2. The van der Waals surface area contributed by atoms with Crippen LogP contribution in [-0.4, -0.2) is 65.9 Å². The van der Waals surface area contributed by atoms with Gasteiger partial charge in [-0.3, -0.25) is 15.4 Å². The smallest absolute Gasteiger partial charge is 0.411 e. The lowest BCUT2D eigenvalue weighted by Gasteiger charge is -2.16. The summed E-state index contributed by atoms with van der Waals surface area (Å²) in [6.07, 6.45) is -0.260. The summed E-state index contributed by atoms with van der Waals surface area (Å²) in [5, 5.41) is 14.4. The molecule has 2 amide bonds. The predicted molar refractivity (Wildman–Crippen MR) is 99.5 cm³/mol. The van der Waals surface area contributed by atoms with Crippen LogP contribution in [0.2, 0.25) is 5.02 Å². The van der Waals surface area contributed by atoms with Gasteiger partial charge in [0.25, 0.3) is 5.91 Å². The zero-order valence-corrected chi connectivity index (χ0v) is 17.0. The van der Waals surface area contributed by atoms with Crippen molar-refractivity contribution in [3.05, 3.63) is 22.7 Å². The van der Waals surface area contributed by atoms with Gasteiger partial charge in [-0.1, -0.05) is 16.7 Å². The second-order valence-corrected chi connectivity index (χ2v) is 8.29. The lowest BCUT2D eigenvalue weighted by Crippen LogP contribution is -2.21. The van der Waals surface area contributed by atoms with Crippen LogP contribution in [0.4, 0.5) is 25.2 Å². The Bertz CT molecular complexity index is 1050. The molecule has 0 spiro atoms. The van der Waals surface area contributed by atoms with E-state index < -0.39 is 57.3 Å². The van der Waals surface area contributed by atoms with E-state index in [4.69, 9.17) is 11.6 Å². The normalized spacial score (nSPS) is 11.3. The van der Waals surface area contributed by atoms with Crippen LogP contribution in [0.15, 0.2) is 12.1 Å². The summed E-state index contributed by atoms with van der Waals surface area (Å²) in [6, 6.07) is 2.06. The fourth-order valence-corrected chi connectivity index (χ4v) is 2.65. The number of nitrogens with zero attached hydrogens (tertiary/aromatic N) is 4. The summed E-state index contributed by atoms with van der Waals surface area (Å²) < 4.78 is 57.6. The number of aryl methyl sites for hydroxylation is 1. The molecule has 0 bridgehead atoms. The summed E-state index contributed by atoms with van der Waals surface area (Å²) >= 11 is 6.11. The van der Waals surface area contributed by atoms with Gasteiger partial charge in [-0.05, 0) is 22.6 Å². The molecule has 12 nitrogen and oxygen atoms in total. The molecule has 16 heteroatoms. The van der Waals surface area contributed by atoms with Gasteiger partial charge in [-0.25, -0.2) is 17.9 Å². The molecule has 0 aliphatic rings. The van der Waals surface area contributed by atoms with Gasteiger partial charge >= 0.3 is 12.7 Å². The van der Waals surface area contributed by atoms with Crippen LogP contribution in [0.5, 0.6) is 5.75 Å². The van der Waals surface area contributed by atoms with Gasteiger partial charge in [0, 0.05) is 13.3 Å². The number of alkyl halides is 2. The molecule has 2 N–H and O–H groups in total. The second kappa shape index (κ2) is 9.62. The third-order valence-electron chi connectivity index (χ3n) is 3.32. The number of tetrazole rings is 1. The van der Waals surface area contributed by atoms with Gasteiger partial charge < -0.3 is 9.47 Å². The molecule has 1 aromatic heterocycles. The van der Waals surface area contributed by atoms with Gasteiger partial charge in [0.05, 0.1) is 16.3 Å². The number of anilines is 2. The van der Waals surface area contributed by atoms with E-state index >= 15 is 0 Å². The summed E-state index contributed by atoms with van der Waals surface area (Å²) in [5.41, 5.74) is -0.710. The zero-order valence-electron chi connectivity index (χ0n) is 15.4. The average Bonchev–Trinajstić information content (AvgIpc) is 3.01. The van der Waals surface area contributed by atoms with Crippen LogP contribution in [0.25, 0.3) is 0 Å². The zero-order chi connectivity index (χ0) is 22.5. The van der Waals surface area contributed by atoms with E-state index in [-0.39, 0.29) is 11.5 Å². The lowest BCUT2D eigenvalue weighted by molar-refractivity contribution is -0.0493. The van der Waals surface area contributed by atoms with Crippen molar-refractivity contribution in [2.24, 2.45) is 7.05 Å². The summed E-state index contributed by atoms with van der Waals surface area (Å²) in [7, 11) is -1.94. The number of sulfone groups is 1. The molecule has 2 aromatic rings. The second-order valence-electron chi connectivity index (χ2n) is 5.65. The van der Waals surface area contributed by atoms with E-state index in [0.29, 0.717) is 0 Å². The maximum atomic E-state index is 12.7. The van der Waals surface area contributed by atoms with Crippen molar-refractivity contribution in [3.63, 3.8) is 0 Å². The number of carbonyl (C=O) groups is 2. The first kappa shape index (κ1) is 23.2. The largest absolute Gasteiger partial charge is 0.448 e. The van der Waals surface area contributed by atoms with Gasteiger partial charge in [0.15, 0.2) is 15.6 Å². The molecule has 0 fully saturated rings. The van der Waals surface area contributed by atoms with Crippen molar-refractivity contribution >= 4 is 45.1 Å². The Labute approximate surface area is 173 Å². The first-order chi connectivity index (χ1) is 14.0. The van der Waals surface area contributed by atoms with E-state index in [9.17, 15) is 26.8 Å². The van der Waals surface area contributed by atoms with Crippen molar-refractivity contribution < 1.29 is 36.3 Å². The Kier molecular flexibility index (Phi) is 7.44. The molecule has 2 rings (SSSR count). The first-order valence-electron chi connectivity index (χ1n) is 7.90. The lowest BCUT2D eigenvalue weighted by atomic mass is 10.1. The topological polar surface area (TPSA) is 154 Å². The number of hydrogen-bond acceptors (Lipinski definition) is 9. The molecule has 30 heavy (non-hydrogen) atoms. The van der Waals surface area contributed by atoms with Crippen LogP contribution in [0.3, 0.4) is 0 Å². The third kappa shape index (κ3) is 6.48. The SMILES string of the molecule is Cn1nnnc1NC(=O)c1ccc(OC(F)F)c(NC(=O)OCCS(C)(=O)=O)c1Cl. The molecular weight excluding hydrogens is 454 g/mol. The Morgan fingerprint density at radius 2 is 2.00 bits per heavy atom. The number of rotatable bonds is 8. The number of benzene rings is 1. The fraction of sp³-hybridized carbons (Fsp3) is 0.357. The molecular formula is C14H15ClF2N6O6S. The first-order valence-corrected chi connectivity index (χ1v) is 10.3.